The van der Waals surface area contributed by atoms with Gasteiger partial charge in [-0.2, -0.15) is 0 Å². The SMILES string of the molecule is O=P(Oc1ccccc1)(OC1[C@@H](OCc2ccccc2)[C@H](OCc2ccccc2)C(OCc2ccccc2)[C@H](OCc2ccccc2)[C@@H]1OCc1ccccc1)C1[C@@H](OCc2ccccc2)[C@H](O)C(OCc2ccccc2)[C@H](O)[C@@H]1OCc1ccccc1. The largest absolute Gasteiger partial charge is 0.424 e. The number of para-hydroxylation sites is 1. The van der Waals surface area contributed by atoms with Crippen molar-refractivity contribution < 1.29 is 61.7 Å². The van der Waals surface area contributed by atoms with E-state index in [1.54, 1.807) is 24.3 Å². The van der Waals surface area contributed by atoms with Gasteiger partial charge in [0.05, 0.1) is 52.9 Å². The Bertz CT molecular complexity index is 3300. The van der Waals surface area contributed by atoms with Crippen LogP contribution in [0.5, 0.6) is 5.75 Å². The number of rotatable bonds is 29. The molecule has 454 valence electrons. The minimum absolute atomic E-state index is 0.0149. The fourth-order valence-corrected chi connectivity index (χ4v) is 13.9. The normalized spacial score (nSPS) is 24.2. The van der Waals surface area contributed by atoms with Gasteiger partial charge in [0.1, 0.15) is 78.6 Å². The van der Waals surface area contributed by atoms with Crippen LogP contribution >= 0.6 is 7.60 Å². The summed E-state index contributed by atoms with van der Waals surface area (Å²) in [5, 5.41) is 26.2. The molecular weight excluding hydrogens is 1130 g/mol. The van der Waals surface area contributed by atoms with Crippen molar-refractivity contribution in [2.45, 2.75) is 126 Å². The Balaban J connectivity index is 1.10. The quantitative estimate of drug-likeness (QED) is 0.0429. The summed E-state index contributed by atoms with van der Waals surface area (Å²) in [6.07, 6.45) is -14.4. The van der Waals surface area contributed by atoms with Crippen LogP contribution in [-0.4, -0.2) is 83.0 Å². The van der Waals surface area contributed by atoms with E-state index < -0.39 is 80.4 Å². The number of benzene rings is 9. The number of hydrogen-bond donors (Lipinski definition) is 2. The van der Waals surface area contributed by atoms with Crippen LogP contribution in [0, 0.1) is 0 Å². The lowest BCUT2D eigenvalue weighted by Gasteiger charge is -2.52. The standard InChI is InChI=1S/C74H75O13P/c75-63-65(78-46-54-28-10-1-11-29-54)64(76)67(80-48-56-32-14-3-15-33-56)74(66(63)79-47-55-30-12-2-13-31-55)88(77,86-62-44-26-9-27-45-62)87-73-71(84-52-60-40-22-7-23-41-60)69(82-50-58-36-18-5-19-37-58)68(81-49-57-34-16-4-17-35-57)70(83-51-59-38-20-6-21-39-59)72(73)85-53-61-42-24-8-25-43-61/h1-45,63-76H,46-53H2/t63-,64+,65?,66-,67-,68?,69-,70+,71-,72-,73?,74?,88?/m0/s1. The molecule has 5 unspecified atom stereocenters. The van der Waals surface area contributed by atoms with Crippen LogP contribution in [0.1, 0.15) is 44.5 Å². The second kappa shape index (κ2) is 31.7. The number of aliphatic hydroxyl groups is 2. The van der Waals surface area contributed by atoms with Crippen LogP contribution in [0.15, 0.2) is 273 Å². The van der Waals surface area contributed by atoms with Gasteiger partial charge in [-0.1, -0.05) is 261 Å². The van der Waals surface area contributed by atoms with Crippen molar-refractivity contribution in [3.05, 3.63) is 317 Å². The van der Waals surface area contributed by atoms with Crippen LogP contribution in [0.4, 0.5) is 0 Å². The first-order chi connectivity index (χ1) is 43.3. The average molecular weight is 1200 g/mol. The molecule has 9 aromatic rings. The molecule has 13 nitrogen and oxygen atoms in total. The van der Waals surface area contributed by atoms with Gasteiger partial charge in [-0.15, -0.1) is 0 Å². The van der Waals surface area contributed by atoms with E-state index in [4.69, 9.17) is 46.9 Å². The zero-order valence-electron chi connectivity index (χ0n) is 48.9. The molecule has 0 spiro atoms. The van der Waals surface area contributed by atoms with Gasteiger partial charge in [0.15, 0.2) is 0 Å². The third-order valence-electron chi connectivity index (χ3n) is 15.9. The van der Waals surface area contributed by atoms with Crippen molar-refractivity contribution in [2.24, 2.45) is 0 Å². The highest BCUT2D eigenvalue weighted by Gasteiger charge is 2.64. The first-order valence-corrected chi connectivity index (χ1v) is 31.6. The maximum Gasteiger partial charge on any atom is 0.388 e. The molecule has 0 aromatic heterocycles. The third kappa shape index (κ3) is 16.6. The molecule has 2 saturated carbocycles. The second-order valence-corrected chi connectivity index (χ2v) is 24.1. The smallest absolute Gasteiger partial charge is 0.388 e. The summed E-state index contributed by atoms with van der Waals surface area (Å²) in [6, 6.07) is 86.1. The highest BCUT2D eigenvalue weighted by molar-refractivity contribution is 7.55. The Kier molecular flexibility index (Phi) is 22.4. The van der Waals surface area contributed by atoms with Crippen molar-refractivity contribution in [1.29, 1.82) is 0 Å². The lowest BCUT2D eigenvalue weighted by molar-refractivity contribution is -0.280. The molecular formula is C74H75O13P. The van der Waals surface area contributed by atoms with Gasteiger partial charge in [-0.25, -0.2) is 4.57 Å². The van der Waals surface area contributed by atoms with Gasteiger partial charge >= 0.3 is 7.60 Å². The van der Waals surface area contributed by atoms with Crippen molar-refractivity contribution in [1.82, 2.24) is 0 Å². The topological polar surface area (TPSA) is 150 Å². The number of aliphatic hydroxyl groups excluding tert-OH is 2. The van der Waals surface area contributed by atoms with E-state index >= 15 is 4.57 Å². The predicted molar refractivity (Wildman–Crippen MR) is 336 cm³/mol. The fourth-order valence-electron chi connectivity index (χ4n) is 11.4. The Morgan fingerprint density at radius 2 is 0.443 bits per heavy atom. The summed E-state index contributed by atoms with van der Waals surface area (Å²) in [5.41, 5.74) is 5.03. The van der Waals surface area contributed by atoms with E-state index in [0.717, 1.165) is 44.5 Å². The van der Waals surface area contributed by atoms with Crippen LogP contribution in [0.2, 0.25) is 0 Å². The Morgan fingerprint density at radius 3 is 0.682 bits per heavy atom. The maximum absolute atomic E-state index is 17.9. The first-order valence-electron chi connectivity index (χ1n) is 30.0. The van der Waals surface area contributed by atoms with Crippen molar-refractivity contribution >= 4 is 7.60 Å². The van der Waals surface area contributed by atoms with Gasteiger partial charge in [0.2, 0.25) is 0 Å². The van der Waals surface area contributed by atoms with E-state index in [1.807, 2.05) is 249 Å². The van der Waals surface area contributed by atoms with E-state index in [-0.39, 0.29) is 58.6 Å². The molecule has 13 atom stereocenters. The zero-order valence-corrected chi connectivity index (χ0v) is 49.8. The third-order valence-corrected chi connectivity index (χ3v) is 18.2. The molecule has 0 saturated heterocycles. The van der Waals surface area contributed by atoms with Crippen molar-refractivity contribution in [3.8, 4) is 5.75 Å². The lowest BCUT2D eigenvalue weighted by atomic mass is 9.83. The van der Waals surface area contributed by atoms with Crippen LogP contribution in [0.25, 0.3) is 0 Å². The summed E-state index contributed by atoms with van der Waals surface area (Å²) >= 11 is 0. The van der Waals surface area contributed by atoms with Gasteiger partial charge in [0.25, 0.3) is 0 Å². The molecule has 9 aromatic carbocycles. The molecule has 0 aliphatic heterocycles. The highest BCUT2D eigenvalue weighted by Crippen LogP contribution is 2.61. The van der Waals surface area contributed by atoms with Crippen LogP contribution in [-0.2, 0) is 99.8 Å². The summed E-state index contributed by atoms with van der Waals surface area (Å²) < 4.78 is 89.5. The molecule has 88 heavy (non-hydrogen) atoms. The molecule has 0 radical (unpaired) electrons. The molecule has 2 aliphatic carbocycles. The fraction of sp³-hybridized carbons (Fsp3) is 0.270. The van der Waals surface area contributed by atoms with Gasteiger partial charge in [0, 0.05) is 0 Å². The summed E-state index contributed by atoms with van der Waals surface area (Å²) in [4.78, 5) is 0. The van der Waals surface area contributed by atoms with Crippen LogP contribution < -0.4 is 4.52 Å². The van der Waals surface area contributed by atoms with E-state index in [2.05, 4.69) is 0 Å². The predicted octanol–water partition coefficient (Wildman–Crippen LogP) is 13.4. The minimum atomic E-state index is -5.11. The Hall–Kier alpha value is -7.43. The minimum Gasteiger partial charge on any atom is -0.424 e. The van der Waals surface area contributed by atoms with Gasteiger partial charge < -0.3 is 52.6 Å². The summed E-state index contributed by atoms with van der Waals surface area (Å²) in [7, 11) is -5.11. The van der Waals surface area contributed by atoms with Gasteiger partial charge in [-0.05, 0) is 56.6 Å². The molecule has 14 heteroatoms. The van der Waals surface area contributed by atoms with Crippen LogP contribution in [0.3, 0.4) is 0 Å². The number of hydrogen-bond acceptors (Lipinski definition) is 13. The highest BCUT2D eigenvalue weighted by atomic mass is 31.2. The molecule has 0 bridgehead atoms. The molecule has 2 N–H and O–H groups in total. The molecule has 2 aliphatic rings. The Morgan fingerprint density at radius 1 is 0.250 bits per heavy atom. The monoisotopic (exact) mass is 1200 g/mol. The maximum atomic E-state index is 17.9. The second-order valence-electron chi connectivity index (χ2n) is 22.1. The molecule has 0 heterocycles. The van der Waals surface area contributed by atoms with E-state index in [1.165, 1.54) is 0 Å². The molecule has 0 amide bonds. The summed E-state index contributed by atoms with van der Waals surface area (Å²) in [6.45, 7) is 0.329. The average Bonchev–Trinajstić information content (AvgIpc) is 1.28. The van der Waals surface area contributed by atoms with Crippen molar-refractivity contribution in [3.63, 3.8) is 0 Å². The summed E-state index contributed by atoms with van der Waals surface area (Å²) in [5.74, 6) is 0.165. The number of ether oxygens (including phenoxy) is 8. The first kappa shape index (κ1) is 62.2. The lowest BCUT2D eigenvalue weighted by Crippen LogP contribution is -2.68. The Labute approximate surface area is 515 Å². The van der Waals surface area contributed by atoms with Crippen molar-refractivity contribution in [2.75, 3.05) is 0 Å². The van der Waals surface area contributed by atoms with Gasteiger partial charge in [-0.3, -0.25) is 4.52 Å². The molecule has 2 fully saturated rings. The van der Waals surface area contributed by atoms with E-state index in [0.29, 0.717) is 0 Å². The zero-order chi connectivity index (χ0) is 60.2. The van der Waals surface area contributed by atoms with E-state index in [9.17, 15) is 10.2 Å². The molecule has 11 rings (SSSR count).